The molecule has 92 valence electrons. The van der Waals surface area contributed by atoms with E-state index in [2.05, 4.69) is 15.9 Å². The molecule has 0 amide bonds. The van der Waals surface area contributed by atoms with Crippen LogP contribution in [0.15, 0.2) is 0 Å². The Morgan fingerprint density at radius 1 is 1.31 bits per heavy atom. The highest BCUT2D eigenvalue weighted by molar-refractivity contribution is 9.09. The molecule has 0 radical (unpaired) electrons. The summed E-state index contributed by atoms with van der Waals surface area (Å²) in [4.78, 5) is 12.4. The number of hydrogen-bond acceptors (Lipinski definition) is 2. The van der Waals surface area contributed by atoms with E-state index in [9.17, 15) is 4.79 Å². The molecule has 2 nitrogen and oxygen atoms in total. The molecule has 2 aliphatic rings. The van der Waals surface area contributed by atoms with Gasteiger partial charge in [-0.2, -0.15) is 0 Å². The van der Waals surface area contributed by atoms with Gasteiger partial charge in [0.2, 0.25) is 0 Å². The summed E-state index contributed by atoms with van der Waals surface area (Å²) < 4.78 is 5.14. The van der Waals surface area contributed by atoms with Crippen molar-refractivity contribution in [3.63, 3.8) is 0 Å². The number of alkyl halides is 1. The van der Waals surface area contributed by atoms with Crippen molar-refractivity contribution >= 4 is 21.9 Å². The van der Waals surface area contributed by atoms with E-state index < -0.39 is 0 Å². The number of esters is 1. The molecule has 0 aromatic heterocycles. The Bertz CT molecular complexity index is 254. The molecule has 0 heterocycles. The Morgan fingerprint density at radius 3 is 2.88 bits per heavy atom. The third-order valence-corrected chi connectivity index (χ3v) is 5.32. The first-order valence-corrected chi connectivity index (χ1v) is 7.44. The molecule has 2 saturated carbocycles. The van der Waals surface area contributed by atoms with Gasteiger partial charge in [0, 0.05) is 4.83 Å². The first-order valence-electron chi connectivity index (χ1n) is 6.53. The topological polar surface area (TPSA) is 26.3 Å². The van der Waals surface area contributed by atoms with Crippen LogP contribution in [0.3, 0.4) is 0 Å². The predicted octanol–water partition coefficient (Wildman–Crippen LogP) is 3.53. The Kier molecular flexibility index (Phi) is 4.28. The highest BCUT2D eigenvalue weighted by atomic mass is 79.9. The fourth-order valence-electron chi connectivity index (χ4n) is 3.33. The van der Waals surface area contributed by atoms with Gasteiger partial charge in [0.25, 0.3) is 0 Å². The highest BCUT2D eigenvalue weighted by Crippen LogP contribution is 2.45. The van der Waals surface area contributed by atoms with Crippen molar-refractivity contribution < 1.29 is 9.53 Å². The molecule has 0 N–H and O–H groups in total. The van der Waals surface area contributed by atoms with Crippen molar-refractivity contribution in [2.45, 2.75) is 50.3 Å². The summed E-state index contributed by atoms with van der Waals surface area (Å²) in [6, 6.07) is 0. The minimum atomic E-state index is 0.0335. The first kappa shape index (κ1) is 12.4. The Hall–Kier alpha value is -0.0500. The van der Waals surface area contributed by atoms with Crippen molar-refractivity contribution in [1.82, 2.24) is 0 Å². The summed E-state index contributed by atoms with van der Waals surface area (Å²) in [6.45, 7) is 2.40. The average Bonchev–Trinajstić information content (AvgIpc) is 2.29. The molecule has 2 aliphatic carbocycles. The molecule has 0 bridgehead atoms. The van der Waals surface area contributed by atoms with Gasteiger partial charge in [-0.15, -0.1) is 0 Å². The Morgan fingerprint density at radius 2 is 2.12 bits per heavy atom. The van der Waals surface area contributed by atoms with E-state index in [0.29, 0.717) is 17.4 Å². The van der Waals surface area contributed by atoms with Crippen molar-refractivity contribution in [2.75, 3.05) is 6.61 Å². The van der Waals surface area contributed by atoms with Crippen LogP contribution in [-0.4, -0.2) is 17.4 Å². The third-order valence-electron chi connectivity index (χ3n) is 4.19. The van der Waals surface area contributed by atoms with Gasteiger partial charge in [-0.3, -0.25) is 4.79 Å². The second-order valence-electron chi connectivity index (χ2n) is 5.13. The Balaban J connectivity index is 1.94. The smallest absolute Gasteiger partial charge is 0.308 e. The number of rotatable bonds is 2. The van der Waals surface area contributed by atoms with Gasteiger partial charge in [0.1, 0.15) is 0 Å². The van der Waals surface area contributed by atoms with Crippen LogP contribution in [0.1, 0.15) is 45.4 Å². The maximum absolute atomic E-state index is 11.7. The van der Waals surface area contributed by atoms with Gasteiger partial charge in [-0.1, -0.05) is 28.8 Å². The second kappa shape index (κ2) is 5.52. The number of carbonyl (C=O) groups excluding carboxylic acids is 1. The second-order valence-corrected chi connectivity index (χ2v) is 6.31. The van der Waals surface area contributed by atoms with Crippen molar-refractivity contribution in [3.05, 3.63) is 0 Å². The van der Waals surface area contributed by atoms with Gasteiger partial charge in [-0.05, 0) is 44.4 Å². The van der Waals surface area contributed by atoms with Gasteiger partial charge < -0.3 is 4.74 Å². The van der Waals surface area contributed by atoms with Crippen molar-refractivity contribution in [3.8, 4) is 0 Å². The monoisotopic (exact) mass is 288 g/mol. The summed E-state index contributed by atoms with van der Waals surface area (Å²) in [7, 11) is 0. The van der Waals surface area contributed by atoms with E-state index in [0.717, 1.165) is 18.8 Å². The zero-order valence-electron chi connectivity index (χ0n) is 9.95. The minimum Gasteiger partial charge on any atom is -0.466 e. The quantitative estimate of drug-likeness (QED) is 0.574. The van der Waals surface area contributed by atoms with E-state index in [4.69, 9.17) is 4.74 Å². The van der Waals surface area contributed by atoms with E-state index >= 15 is 0 Å². The van der Waals surface area contributed by atoms with Crippen LogP contribution in [-0.2, 0) is 9.53 Å². The van der Waals surface area contributed by atoms with E-state index in [1.165, 1.54) is 25.7 Å². The van der Waals surface area contributed by atoms with Crippen LogP contribution < -0.4 is 0 Å². The summed E-state index contributed by atoms with van der Waals surface area (Å²) in [5.74, 6) is 1.76. The predicted molar refractivity (Wildman–Crippen MR) is 67.5 cm³/mol. The van der Waals surface area contributed by atoms with Crippen LogP contribution in [0.5, 0.6) is 0 Å². The molecule has 0 aliphatic heterocycles. The lowest BCUT2D eigenvalue weighted by atomic mass is 9.67. The van der Waals surface area contributed by atoms with E-state index in [1.807, 2.05) is 6.92 Å². The highest BCUT2D eigenvalue weighted by Gasteiger charge is 2.39. The summed E-state index contributed by atoms with van der Waals surface area (Å²) in [6.07, 6.45) is 7.29. The molecule has 0 saturated heterocycles. The number of fused-ring (bicyclic) bond motifs is 1. The summed E-state index contributed by atoms with van der Waals surface area (Å²) in [5, 5.41) is 0. The van der Waals surface area contributed by atoms with Gasteiger partial charge in [0.15, 0.2) is 0 Å². The number of carbonyl (C=O) groups is 1. The van der Waals surface area contributed by atoms with Crippen molar-refractivity contribution in [1.29, 1.82) is 0 Å². The fraction of sp³-hybridized carbons (Fsp3) is 0.923. The normalized spacial score (nSPS) is 38.9. The standard InChI is InChI=1S/C13H21BrO2/c1-2-16-13(15)10-7-6-9-4-3-5-12(14)11(9)8-10/h9-12H,2-8H2,1H3. The first-order chi connectivity index (χ1) is 7.72. The number of ether oxygens (including phenoxy) is 1. The minimum absolute atomic E-state index is 0.0335. The van der Waals surface area contributed by atoms with Gasteiger partial charge >= 0.3 is 5.97 Å². The van der Waals surface area contributed by atoms with E-state index in [1.54, 1.807) is 0 Å². The Labute approximate surface area is 106 Å². The lowest BCUT2D eigenvalue weighted by Gasteiger charge is -2.41. The van der Waals surface area contributed by atoms with Crippen molar-refractivity contribution in [2.24, 2.45) is 17.8 Å². The van der Waals surface area contributed by atoms with Crippen LogP contribution in [0.4, 0.5) is 0 Å². The zero-order chi connectivity index (χ0) is 11.5. The van der Waals surface area contributed by atoms with E-state index in [-0.39, 0.29) is 11.9 Å². The third kappa shape index (κ3) is 2.61. The largest absolute Gasteiger partial charge is 0.466 e. The molecule has 16 heavy (non-hydrogen) atoms. The molecule has 3 heteroatoms. The maximum atomic E-state index is 11.7. The summed E-state index contributed by atoms with van der Waals surface area (Å²) >= 11 is 3.79. The summed E-state index contributed by atoms with van der Waals surface area (Å²) in [5.41, 5.74) is 0. The number of hydrogen-bond donors (Lipinski definition) is 0. The van der Waals surface area contributed by atoms with Crippen LogP contribution >= 0.6 is 15.9 Å². The SMILES string of the molecule is CCOC(=O)C1CCC2CCCC(Br)C2C1. The number of halogens is 1. The molecule has 0 aromatic carbocycles. The molecular formula is C13H21BrO2. The van der Waals surface area contributed by atoms with Crippen LogP contribution in [0.25, 0.3) is 0 Å². The molecule has 4 atom stereocenters. The van der Waals surface area contributed by atoms with Crippen LogP contribution in [0, 0.1) is 17.8 Å². The molecule has 2 fully saturated rings. The zero-order valence-corrected chi connectivity index (χ0v) is 11.5. The lowest BCUT2D eigenvalue weighted by Crippen LogP contribution is -2.37. The molecule has 0 aromatic rings. The molecule has 4 unspecified atom stereocenters. The maximum Gasteiger partial charge on any atom is 0.308 e. The molecule has 2 rings (SSSR count). The molecular weight excluding hydrogens is 268 g/mol. The average molecular weight is 289 g/mol. The molecule has 0 spiro atoms. The fourth-order valence-corrected chi connectivity index (χ4v) is 4.30. The lowest BCUT2D eigenvalue weighted by molar-refractivity contribution is -0.150. The van der Waals surface area contributed by atoms with Gasteiger partial charge in [-0.25, -0.2) is 0 Å². The van der Waals surface area contributed by atoms with Crippen LogP contribution in [0.2, 0.25) is 0 Å². The van der Waals surface area contributed by atoms with Gasteiger partial charge in [0.05, 0.1) is 12.5 Å².